The standard InChI is InChI=1S/C8H16N4S/c1-6(3-4-9)10-5-8-7(2)11-12-13-8/h6,10H,3-5,9H2,1-2H3. The zero-order valence-corrected chi connectivity index (χ0v) is 8.90. The van der Waals surface area contributed by atoms with Crippen LogP contribution in [0.2, 0.25) is 0 Å². The van der Waals surface area contributed by atoms with Gasteiger partial charge in [-0.1, -0.05) is 4.49 Å². The van der Waals surface area contributed by atoms with Gasteiger partial charge in [0.1, 0.15) is 0 Å². The van der Waals surface area contributed by atoms with E-state index in [0.29, 0.717) is 6.04 Å². The Morgan fingerprint density at radius 3 is 2.92 bits per heavy atom. The van der Waals surface area contributed by atoms with Crippen molar-refractivity contribution in [2.75, 3.05) is 6.54 Å². The molecule has 3 N–H and O–H groups in total. The quantitative estimate of drug-likeness (QED) is 0.733. The van der Waals surface area contributed by atoms with Gasteiger partial charge in [-0.3, -0.25) is 0 Å². The lowest BCUT2D eigenvalue weighted by Gasteiger charge is -2.10. The Morgan fingerprint density at radius 2 is 2.38 bits per heavy atom. The third kappa shape index (κ3) is 3.38. The zero-order valence-electron chi connectivity index (χ0n) is 8.08. The summed E-state index contributed by atoms with van der Waals surface area (Å²) >= 11 is 1.45. The normalized spacial score (nSPS) is 13.2. The average Bonchev–Trinajstić information content (AvgIpc) is 2.48. The van der Waals surface area contributed by atoms with Crippen LogP contribution in [0.4, 0.5) is 0 Å². The molecule has 1 heterocycles. The fraction of sp³-hybridized carbons (Fsp3) is 0.750. The van der Waals surface area contributed by atoms with Gasteiger partial charge in [-0.2, -0.15) is 0 Å². The summed E-state index contributed by atoms with van der Waals surface area (Å²) in [7, 11) is 0. The van der Waals surface area contributed by atoms with E-state index in [1.165, 1.54) is 16.4 Å². The first-order valence-corrected chi connectivity index (χ1v) is 5.22. The summed E-state index contributed by atoms with van der Waals surface area (Å²) in [6.07, 6.45) is 1.01. The maximum absolute atomic E-state index is 5.45. The van der Waals surface area contributed by atoms with Gasteiger partial charge in [0.25, 0.3) is 0 Å². The van der Waals surface area contributed by atoms with E-state index in [9.17, 15) is 0 Å². The monoisotopic (exact) mass is 200 g/mol. The summed E-state index contributed by atoms with van der Waals surface area (Å²) in [5.41, 5.74) is 6.47. The average molecular weight is 200 g/mol. The van der Waals surface area contributed by atoms with E-state index in [2.05, 4.69) is 21.8 Å². The van der Waals surface area contributed by atoms with Crippen molar-refractivity contribution in [1.82, 2.24) is 14.9 Å². The first-order chi connectivity index (χ1) is 6.24. The van der Waals surface area contributed by atoms with Crippen LogP contribution in [0.25, 0.3) is 0 Å². The largest absolute Gasteiger partial charge is 0.330 e. The van der Waals surface area contributed by atoms with Crippen LogP contribution < -0.4 is 11.1 Å². The van der Waals surface area contributed by atoms with Gasteiger partial charge in [-0.25, -0.2) is 0 Å². The van der Waals surface area contributed by atoms with E-state index in [1.54, 1.807) is 0 Å². The fourth-order valence-corrected chi connectivity index (χ4v) is 1.61. The minimum Gasteiger partial charge on any atom is -0.330 e. The Balaban J connectivity index is 2.30. The van der Waals surface area contributed by atoms with Crippen molar-refractivity contribution in [1.29, 1.82) is 0 Å². The summed E-state index contributed by atoms with van der Waals surface area (Å²) in [4.78, 5) is 1.21. The first-order valence-electron chi connectivity index (χ1n) is 4.45. The molecule has 74 valence electrons. The molecule has 0 saturated carbocycles. The Kier molecular flexibility index (Phi) is 4.27. The molecule has 0 aliphatic heterocycles. The molecule has 5 heteroatoms. The number of hydrogen-bond acceptors (Lipinski definition) is 5. The summed E-state index contributed by atoms with van der Waals surface area (Å²) in [6, 6.07) is 0.464. The molecule has 4 nitrogen and oxygen atoms in total. The molecule has 1 aromatic rings. The Hall–Kier alpha value is -0.520. The van der Waals surface area contributed by atoms with Crippen molar-refractivity contribution in [2.24, 2.45) is 5.73 Å². The molecule has 0 radical (unpaired) electrons. The highest BCUT2D eigenvalue weighted by Crippen LogP contribution is 2.08. The van der Waals surface area contributed by atoms with E-state index < -0.39 is 0 Å². The molecule has 1 aromatic heterocycles. The van der Waals surface area contributed by atoms with Crippen molar-refractivity contribution < 1.29 is 0 Å². The maximum Gasteiger partial charge on any atom is 0.0769 e. The molecule has 13 heavy (non-hydrogen) atoms. The summed E-state index contributed by atoms with van der Waals surface area (Å²) in [5, 5.41) is 7.32. The van der Waals surface area contributed by atoms with Crippen molar-refractivity contribution in [2.45, 2.75) is 32.9 Å². The first kappa shape index (κ1) is 10.6. The van der Waals surface area contributed by atoms with Crippen LogP contribution in [0, 0.1) is 6.92 Å². The predicted octanol–water partition coefficient (Wildman–Crippen LogP) is 0.673. The fourth-order valence-electron chi connectivity index (χ4n) is 1.03. The van der Waals surface area contributed by atoms with Gasteiger partial charge in [0.2, 0.25) is 0 Å². The second-order valence-electron chi connectivity index (χ2n) is 3.14. The van der Waals surface area contributed by atoms with Crippen LogP contribution in [0.3, 0.4) is 0 Å². The number of rotatable bonds is 5. The van der Waals surface area contributed by atoms with Gasteiger partial charge in [-0.15, -0.1) is 5.10 Å². The number of aromatic nitrogens is 2. The lowest BCUT2D eigenvalue weighted by Crippen LogP contribution is -2.27. The van der Waals surface area contributed by atoms with Gasteiger partial charge >= 0.3 is 0 Å². The maximum atomic E-state index is 5.45. The van der Waals surface area contributed by atoms with Crippen molar-refractivity contribution in [3.63, 3.8) is 0 Å². The zero-order chi connectivity index (χ0) is 9.68. The molecule has 0 aliphatic rings. The lowest BCUT2D eigenvalue weighted by atomic mass is 10.2. The molecule has 1 rings (SSSR count). The SMILES string of the molecule is Cc1nnsc1CNC(C)CCN. The second kappa shape index (κ2) is 5.26. The number of hydrogen-bond donors (Lipinski definition) is 2. The molecule has 0 spiro atoms. The molecule has 0 saturated heterocycles. The second-order valence-corrected chi connectivity index (χ2v) is 3.98. The number of nitrogens with two attached hydrogens (primary N) is 1. The van der Waals surface area contributed by atoms with E-state index in [0.717, 1.165) is 25.2 Å². The molecule has 0 fully saturated rings. The summed E-state index contributed by atoms with van der Waals surface area (Å²) in [6.45, 7) is 5.70. The lowest BCUT2D eigenvalue weighted by molar-refractivity contribution is 0.521. The van der Waals surface area contributed by atoms with Crippen LogP contribution in [0.15, 0.2) is 0 Å². The summed E-state index contributed by atoms with van der Waals surface area (Å²) in [5.74, 6) is 0. The van der Waals surface area contributed by atoms with Gasteiger partial charge in [-0.05, 0) is 38.3 Å². The smallest absolute Gasteiger partial charge is 0.0769 e. The van der Waals surface area contributed by atoms with Crippen LogP contribution in [-0.2, 0) is 6.54 Å². The van der Waals surface area contributed by atoms with Crippen molar-refractivity contribution in [3.8, 4) is 0 Å². The van der Waals surface area contributed by atoms with E-state index in [4.69, 9.17) is 5.73 Å². The van der Waals surface area contributed by atoms with Crippen LogP contribution >= 0.6 is 11.5 Å². The Bertz CT molecular complexity index is 248. The van der Waals surface area contributed by atoms with Gasteiger partial charge < -0.3 is 11.1 Å². The summed E-state index contributed by atoms with van der Waals surface area (Å²) < 4.78 is 3.87. The minimum absolute atomic E-state index is 0.464. The third-order valence-electron chi connectivity index (χ3n) is 1.96. The highest BCUT2D eigenvalue weighted by atomic mass is 32.1. The van der Waals surface area contributed by atoms with Gasteiger partial charge in [0, 0.05) is 12.6 Å². The van der Waals surface area contributed by atoms with Gasteiger partial charge in [0.05, 0.1) is 10.6 Å². The van der Waals surface area contributed by atoms with Crippen molar-refractivity contribution in [3.05, 3.63) is 10.6 Å². The van der Waals surface area contributed by atoms with Crippen molar-refractivity contribution >= 4 is 11.5 Å². The van der Waals surface area contributed by atoms with E-state index in [1.807, 2.05) is 6.92 Å². The molecule has 0 amide bonds. The molecule has 0 aliphatic carbocycles. The van der Waals surface area contributed by atoms with Crippen LogP contribution in [0.5, 0.6) is 0 Å². The van der Waals surface area contributed by atoms with Crippen LogP contribution in [-0.4, -0.2) is 22.2 Å². The Morgan fingerprint density at radius 1 is 1.62 bits per heavy atom. The molecule has 1 atom stereocenters. The van der Waals surface area contributed by atoms with E-state index >= 15 is 0 Å². The molecule has 0 aromatic carbocycles. The highest BCUT2D eigenvalue weighted by Gasteiger charge is 2.04. The molecule has 1 unspecified atom stereocenters. The molecular formula is C8H16N4S. The van der Waals surface area contributed by atoms with Crippen LogP contribution in [0.1, 0.15) is 23.9 Å². The number of aryl methyl sites for hydroxylation is 1. The molecular weight excluding hydrogens is 184 g/mol. The predicted molar refractivity (Wildman–Crippen MR) is 54.6 cm³/mol. The minimum atomic E-state index is 0.464. The number of nitrogens with one attached hydrogen (secondary N) is 1. The van der Waals surface area contributed by atoms with Gasteiger partial charge in [0.15, 0.2) is 0 Å². The highest BCUT2D eigenvalue weighted by molar-refractivity contribution is 7.05. The topological polar surface area (TPSA) is 63.8 Å². The number of nitrogens with zero attached hydrogens (tertiary/aromatic N) is 2. The Labute approximate surface area is 82.7 Å². The third-order valence-corrected chi connectivity index (χ3v) is 2.78. The van der Waals surface area contributed by atoms with E-state index in [-0.39, 0.29) is 0 Å². The molecule has 0 bridgehead atoms.